The Kier molecular flexibility index (Phi) is 4.18. The van der Waals surface area contributed by atoms with E-state index in [2.05, 4.69) is 11.1 Å². The molecule has 25 heavy (non-hydrogen) atoms. The first-order valence-corrected chi connectivity index (χ1v) is 9.04. The minimum atomic E-state index is 0.237. The highest BCUT2D eigenvalue weighted by molar-refractivity contribution is 7.15. The second kappa shape index (κ2) is 6.49. The van der Waals surface area contributed by atoms with Crippen LogP contribution in [0.5, 0.6) is 0 Å². The van der Waals surface area contributed by atoms with Gasteiger partial charge in [0, 0.05) is 28.9 Å². The van der Waals surface area contributed by atoms with Crippen LogP contribution < -0.4 is 0 Å². The molecule has 4 aromatic rings. The van der Waals surface area contributed by atoms with Crippen molar-refractivity contribution in [2.45, 2.75) is 6.42 Å². The van der Waals surface area contributed by atoms with Crippen LogP contribution in [0.25, 0.3) is 27.5 Å². The Morgan fingerprint density at radius 2 is 2.04 bits per heavy atom. The molecule has 0 aliphatic heterocycles. The van der Waals surface area contributed by atoms with Crippen LogP contribution in [-0.4, -0.2) is 14.4 Å². The first kappa shape index (κ1) is 16.1. The summed E-state index contributed by atoms with van der Waals surface area (Å²) in [4.78, 5) is 9.73. The molecule has 0 spiro atoms. The number of pyridine rings is 1. The van der Waals surface area contributed by atoms with E-state index in [0.29, 0.717) is 10.0 Å². The third-order valence-corrected chi connectivity index (χ3v) is 5.42. The molecule has 3 heterocycles. The highest BCUT2D eigenvalue weighted by Gasteiger charge is 2.19. The molecule has 0 saturated heterocycles. The minimum absolute atomic E-state index is 0.237. The average Bonchev–Trinajstić information content (AvgIpc) is 3.19. The van der Waals surface area contributed by atoms with Gasteiger partial charge in [0.05, 0.1) is 39.6 Å². The first-order chi connectivity index (χ1) is 12.2. The SMILES string of the molecule is N#CCc1c(-c2ccc(Cl)c(Cl)c2)nc2scc(-c3cccnc3)n12. The number of fused-ring (bicyclic) bond motifs is 1. The molecule has 3 aromatic heterocycles. The molecule has 1 aromatic carbocycles. The van der Waals surface area contributed by atoms with Crippen molar-refractivity contribution in [3.63, 3.8) is 0 Å². The van der Waals surface area contributed by atoms with Crippen LogP contribution >= 0.6 is 34.5 Å². The molecule has 0 unspecified atom stereocenters. The Labute approximate surface area is 157 Å². The first-order valence-electron chi connectivity index (χ1n) is 7.40. The van der Waals surface area contributed by atoms with Crippen LogP contribution in [0.3, 0.4) is 0 Å². The van der Waals surface area contributed by atoms with Crippen molar-refractivity contribution in [3.05, 3.63) is 63.8 Å². The molecule has 0 atom stereocenters. The molecular formula is C18H10Cl2N4S. The Morgan fingerprint density at radius 3 is 2.76 bits per heavy atom. The summed E-state index contributed by atoms with van der Waals surface area (Å²) in [5.74, 6) is 0. The monoisotopic (exact) mass is 384 g/mol. The lowest BCUT2D eigenvalue weighted by Gasteiger charge is -2.05. The van der Waals surface area contributed by atoms with E-state index in [1.165, 1.54) is 11.3 Å². The van der Waals surface area contributed by atoms with Gasteiger partial charge in [-0.05, 0) is 24.3 Å². The molecule has 0 aliphatic carbocycles. The normalized spacial score (nSPS) is 10.9. The number of thiazole rings is 1. The highest BCUT2D eigenvalue weighted by Crippen LogP contribution is 2.35. The average molecular weight is 385 g/mol. The van der Waals surface area contributed by atoms with Gasteiger partial charge < -0.3 is 0 Å². The summed E-state index contributed by atoms with van der Waals surface area (Å²) in [6, 6.07) is 11.5. The van der Waals surface area contributed by atoms with E-state index in [-0.39, 0.29) is 6.42 Å². The summed E-state index contributed by atoms with van der Waals surface area (Å²) in [5.41, 5.74) is 4.36. The van der Waals surface area contributed by atoms with Crippen LogP contribution in [0.1, 0.15) is 5.69 Å². The van der Waals surface area contributed by atoms with Crippen molar-refractivity contribution in [2.24, 2.45) is 0 Å². The zero-order valence-corrected chi connectivity index (χ0v) is 15.1. The van der Waals surface area contributed by atoms with Gasteiger partial charge in [0.25, 0.3) is 0 Å². The molecule has 7 heteroatoms. The number of aromatic nitrogens is 3. The molecular weight excluding hydrogens is 375 g/mol. The summed E-state index contributed by atoms with van der Waals surface area (Å²) in [6.45, 7) is 0. The van der Waals surface area contributed by atoms with Gasteiger partial charge in [-0.3, -0.25) is 9.38 Å². The van der Waals surface area contributed by atoms with Gasteiger partial charge in [0.2, 0.25) is 0 Å². The van der Waals surface area contributed by atoms with Crippen molar-refractivity contribution < 1.29 is 0 Å². The molecule has 0 saturated carbocycles. The maximum Gasteiger partial charge on any atom is 0.194 e. The number of benzene rings is 1. The van der Waals surface area contributed by atoms with Crippen LogP contribution in [0, 0.1) is 11.3 Å². The molecule has 0 bridgehead atoms. The Bertz CT molecular complexity index is 1110. The standard InChI is InChI=1S/C18H10Cl2N4S/c19-13-4-3-11(8-14(13)20)17-15(5-6-21)24-16(10-25-18(24)23-17)12-2-1-7-22-9-12/h1-4,7-10H,5H2. The van der Waals surface area contributed by atoms with Crippen LogP contribution in [0.2, 0.25) is 10.0 Å². The van der Waals surface area contributed by atoms with Crippen LogP contribution in [-0.2, 0) is 6.42 Å². The molecule has 4 rings (SSSR count). The summed E-state index contributed by atoms with van der Waals surface area (Å²) in [6.07, 6.45) is 3.77. The molecule has 0 aliphatic rings. The fourth-order valence-corrected chi connectivity index (χ4v) is 3.96. The van der Waals surface area contributed by atoms with Crippen molar-refractivity contribution in [2.75, 3.05) is 0 Å². The molecule has 0 fully saturated rings. The van der Waals surface area contributed by atoms with Gasteiger partial charge >= 0.3 is 0 Å². The van der Waals surface area contributed by atoms with Gasteiger partial charge in [0.15, 0.2) is 4.96 Å². The predicted molar refractivity (Wildman–Crippen MR) is 101 cm³/mol. The third-order valence-electron chi connectivity index (χ3n) is 3.86. The number of halogens is 2. The molecule has 0 N–H and O–H groups in total. The second-order valence-electron chi connectivity index (χ2n) is 5.35. The van der Waals surface area contributed by atoms with Crippen molar-refractivity contribution >= 4 is 39.5 Å². The van der Waals surface area contributed by atoms with E-state index < -0.39 is 0 Å². The predicted octanol–water partition coefficient (Wildman–Crippen LogP) is 5.50. The fraction of sp³-hybridized carbons (Fsp3) is 0.0556. The summed E-state index contributed by atoms with van der Waals surface area (Å²) >= 11 is 13.7. The van der Waals surface area contributed by atoms with Gasteiger partial charge in [-0.15, -0.1) is 11.3 Å². The maximum absolute atomic E-state index is 9.32. The van der Waals surface area contributed by atoms with E-state index in [0.717, 1.165) is 33.2 Å². The van der Waals surface area contributed by atoms with Gasteiger partial charge in [0.1, 0.15) is 0 Å². The number of rotatable bonds is 3. The topological polar surface area (TPSA) is 54.0 Å². The zero-order chi connectivity index (χ0) is 17.4. The lowest BCUT2D eigenvalue weighted by molar-refractivity contribution is 1.08. The van der Waals surface area contributed by atoms with Crippen LogP contribution in [0.4, 0.5) is 0 Å². The Hall–Kier alpha value is -2.39. The fourth-order valence-electron chi connectivity index (χ4n) is 2.74. The van der Waals surface area contributed by atoms with Crippen LogP contribution in [0.15, 0.2) is 48.1 Å². The number of imidazole rings is 1. The third kappa shape index (κ3) is 2.79. The zero-order valence-electron chi connectivity index (χ0n) is 12.8. The lowest BCUT2D eigenvalue weighted by atomic mass is 10.1. The van der Waals surface area contributed by atoms with E-state index in [1.807, 2.05) is 28.0 Å². The molecule has 0 amide bonds. The number of hydrogen-bond donors (Lipinski definition) is 0. The largest absolute Gasteiger partial charge is 0.285 e. The smallest absolute Gasteiger partial charge is 0.194 e. The van der Waals surface area contributed by atoms with E-state index >= 15 is 0 Å². The highest BCUT2D eigenvalue weighted by atomic mass is 35.5. The van der Waals surface area contributed by atoms with Gasteiger partial charge in [-0.2, -0.15) is 5.26 Å². The second-order valence-corrected chi connectivity index (χ2v) is 7.00. The Balaban J connectivity index is 1.97. The van der Waals surface area contributed by atoms with Crippen molar-refractivity contribution in [1.82, 2.24) is 14.4 Å². The quantitative estimate of drug-likeness (QED) is 0.468. The van der Waals surface area contributed by atoms with Gasteiger partial charge in [-0.1, -0.05) is 29.3 Å². The van der Waals surface area contributed by atoms with Gasteiger partial charge in [-0.25, -0.2) is 4.98 Å². The molecule has 0 radical (unpaired) electrons. The Morgan fingerprint density at radius 1 is 1.16 bits per heavy atom. The molecule has 4 nitrogen and oxygen atoms in total. The van der Waals surface area contributed by atoms with E-state index in [9.17, 15) is 5.26 Å². The number of nitrogens with zero attached hydrogens (tertiary/aromatic N) is 4. The van der Waals surface area contributed by atoms with E-state index in [1.54, 1.807) is 24.5 Å². The summed E-state index contributed by atoms with van der Waals surface area (Å²) < 4.78 is 2.02. The number of hydrogen-bond acceptors (Lipinski definition) is 4. The van der Waals surface area contributed by atoms with Crippen molar-refractivity contribution in [3.8, 4) is 28.6 Å². The minimum Gasteiger partial charge on any atom is -0.285 e. The summed E-state index contributed by atoms with van der Waals surface area (Å²) in [5, 5.41) is 12.3. The maximum atomic E-state index is 9.32. The summed E-state index contributed by atoms with van der Waals surface area (Å²) in [7, 11) is 0. The van der Waals surface area contributed by atoms with E-state index in [4.69, 9.17) is 28.2 Å². The lowest BCUT2D eigenvalue weighted by Crippen LogP contribution is -1.95. The molecule has 122 valence electrons. The van der Waals surface area contributed by atoms with Crippen molar-refractivity contribution in [1.29, 1.82) is 5.26 Å². The number of nitriles is 1.